The summed E-state index contributed by atoms with van der Waals surface area (Å²) in [5, 5.41) is 3.00. The Labute approximate surface area is 125 Å². The molecule has 0 aliphatic carbocycles. The number of nitrogens with zero attached hydrogens (tertiary/aromatic N) is 1. The molecule has 1 aromatic rings. The van der Waals surface area contributed by atoms with Crippen LogP contribution in [-0.4, -0.2) is 41.4 Å². The Morgan fingerprint density at radius 3 is 3.00 bits per heavy atom. The third-order valence-corrected chi connectivity index (χ3v) is 4.75. The maximum atomic E-state index is 12.4. The van der Waals surface area contributed by atoms with Crippen LogP contribution in [-0.2, 0) is 4.79 Å². The number of hydrogen-bond donors (Lipinski definition) is 2. The van der Waals surface area contributed by atoms with Crippen molar-refractivity contribution in [3.05, 3.63) is 23.8 Å². The normalized spacial score (nSPS) is 18.3. The highest BCUT2D eigenvalue weighted by Gasteiger charge is 2.22. The van der Waals surface area contributed by atoms with Crippen LogP contribution in [0.15, 0.2) is 18.2 Å². The van der Waals surface area contributed by atoms with E-state index < -0.39 is 0 Å². The van der Waals surface area contributed by atoms with Crippen LogP contribution in [0.2, 0.25) is 0 Å². The molecule has 1 unspecified atom stereocenters. The van der Waals surface area contributed by atoms with E-state index in [-0.39, 0.29) is 11.9 Å². The fourth-order valence-electron chi connectivity index (χ4n) is 2.33. The van der Waals surface area contributed by atoms with E-state index in [2.05, 4.69) is 10.2 Å². The van der Waals surface area contributed by atoms with Crippen LogP contribution in [0.5, 0.6) is 0 Å². The zero-order chi connectivity index (χ0) is 14.5. The van der Waals surface area contributed by atoms with E-state index in [1.807, 2.05) is 43.8 Å². The van der Waals surface area contributed by atoms with Gasteiger partial charge in [-0.25, -0.2) is 0 Å². The number of nitrogen functional groups attached to an aromatic ring is 1. The fraction of sp³-hybridized carbons (Fsp3) is 0.533. The molecule has 0 saturated carbocycles. The highest BCUT2D eigenvalue weighted by molar-refractivity contribution is 7.99. The lowest BCUT2D eigenvalue weighted by atomic mass is 10.1. The Balaban J connectivity index is 2.01. The Kier molecular flexibility index (Phi) is 5.31. The number of nitrogens with one attached hydrogen (secondary N) is 1. The van der Waals surface area contributed by atoms with Crippen LogP contribution in [0.25, 0.3) is 0 Å². The first-order valence-corrected chi connectivity index (χ1v) is 8.22. The summed E-state index contributed by atoms with van der Waals surface area (Å²) in [5.74, 6) is 2.35. The maximum absolute atomic E-state index is 12.4. The number of aryl methyl sites for hydroxylation is 1. The molecule has 1 amide bonds. The molecule has 0 bridgehead atoms. The van der Waals surface area contributed by atoms with E-state index in [9.17, 15) is 4.79 Å². The van der Waals surface area contributed by atoms with Gasteiger partial charge in [0, 0.05) is 23.7 Å². The fourth-order valence-corrected chi connectivity index (χ4v) is 3.23. The molecule has 5 heteroatoms. The van der Waals surface area contributed by atoms with E-state index in [1.54, 1.807) is 0 Å². The molecule has 3 N–H and O–H groups in total. The number of carbonyl (C=O) groups is 1. The van der Waals surface area contributed by atoms with Crippen molar-refractivity contribution >= 4 is 29.0 Å². The largest absolute Gasteiger partial charge is 0.399 e. The van der Waals surface area contributed by atoms with Gasteiger partial charge in [-0.15, -0.1) is 0 Å². The van der Waals surface area contributed by atoms with E-state index in [0.717, 1.165) is 36.5 Å². The molecule has 20 heavy (non-hydrogen) atoms. The molecule has 1 saturated heterocycles. The number of hydrogen-bond acceptors (Lipinski definition) is 4. The average molecular weight is 293 g/mol. The number of thioether (sulfide) groups is 1. The molecular weight excluding hydrogens is 270 g/mol. The molecule has 1 aliphatic rings. The van der Waals surface area contributed by atoms with Crippen molar-refractivity contribution in [2.24, 2.45) is 0 Å². The first kappa shape index (κ1) is 15.2. The quantitative estimate of drug-likeness (QED) is 0.840. The molecule has 4 nitrogen and oxygen atoms in total. The summed E-state index contributed by atoms with van der Waals surface area (Å²) >= 11 is 1.97. The van der Waals surface area contributed by atoms with Gasteiger partial charge in [-0.3, -0.25) is 9.69 Å². The van der Waals surface area contributed by atoms with Crippen molar-refractivity contribution in [2.75, 3.05) is 35.6 Å². The van der Waals surface area contributed by atoms with Gasteiger partial charge in [-0.05, 0) is 50.3 Å². The number of benzene rings is 1. The average Bonchev–Trinajstić information content (AvgIpc) is 2.71. The first-order chi connectivity index (χ1) is 9.58. The Morgan fingerprint density at radius 2 is 2.20 bits per heavy atom. The van der Waals surface area contributed by atoms with Gasteiger partial charge in [-0.2, -0.15) is 11.8 Å². The van der Waals surface area contributed by atoms with Crippen LogP contribution in [0.3, 0.4) is 0 Å². The molecule has 1 aliphatic heterocycles. The maximum Gasteiger partial charge on any atom is 0.241 e. The summed E-state index contributed by atoms with van der Waals surface area (Å²) in [7, 11) is 0. The standard InChI is InChI=1S/C15H23N3OS/c1-11-4-5-13(16)10-14(11)17-15(19)12(2)18-6-3-8-20-9-7-18/h4-5,10,12H,3,6-9,16H2,1-2H3,(H,17,19). The zero-order valence-electron chi connectivity index (χ0n) is 12.2. The van der Waals surface area contributed by atoms with E-state index in [4.69, 9.17) is 5.73 Å². The van der Waals surface area contributed by atoms with Crippen LogP contribution >= 0.6 is 11.8 Å². The highest BCUT2D eigenvalue weighted by Crippen LogP contribution is 2.19. The van der Waals surface area contributed by atoms with Gasteiger partial charge in [0.1, 0.15) is 0 Å². The lowest BCUT2D eigenvalue weighted by molar-refractivity contribution is -0.120. The van der Waals surface area contributed by atoms with Gasteiger partial charge in [-0.1, -0.05) is 6.07 Å². The van der Waals surface area contributed by atoms with Crippen LogP contribution in [0.4, 0.5) is 11.4 Å². The van der Waals surface area contributed by atoms with Crippen LogP contribution in [0.1, 0.15) is 18.9 Å². The van der Waals surface area contributed by atoms with Crippen molar-refractivity contribution in [1.29, 1.82) is 0 Å². The summed E-state index contributed by atoms with van der Waals surface area (Å²) in [6.45, 7) is 5.93. The van der Waals surface area contributed by atoms with Gasteiger partial charge in [0.25, 0.3) is 0 Å². The minimum absolute atomic E-state index is 0.0469. The molecule has 110 valence electrons. The predicted molar refractivity (Wildman–Crippen MR) is 87.2 cm³/mol. The molecular formula is C15H23N3OS. The van der Waals surface area contributed by atoms with E-state index in [1.165, 1.54) is 5.75 Å². The summed E-state index contributed by atoms with van der Waals surface area (Å²) in [6.07, 6.45) is 1.15. The molecule has 1 fully saturated rings. The topological polar surface area (TPSA) is 58.4 Å². The lowest BCUT2D eigenvalue weighted by Crippen LogP contribution is -2.43. The zero-order valence-corrected chi connectivity index (χ0v) is 13.0. The van der Waals surface area contributed by atoms with Gasteiger partial charge < -0.3 is 11.1 Å². The number of anilines is 2. The van der Waals surface area contributed by atoms with Crippen LogP contribution < -0.4 is 11.1 Å². The van der Waals surface area contributed by atoms with Crippen molar-refractivity contribution < 1.29 is 4.79 Å². The highest BCUT2D eigenvalue weighted by atomic mass is 32.2. The minimum Gasteiger partial charge on any atom is -0.399 e. The van der Waals surface area contributed by atoms with Crippen molar-refractivity contribution in [3.63, 3.8) is 0 Å². The summed E-state index contributed by atoms with van der Waals surface area (Å²) < 4.78 is 0. The van der Waals surface area contributed by atoms with Crippen molar-refractivity contribution in [3.8, 4) is 0 Å². The number of rotatable bonds is 3. The summed E-state index contributed by atoms with van der Waals surface area (Å²) in [4.78, 5) is 14.6. The molecule has 2 rings (SSSR count). The second-order valence-electron chi connectivity index (χ2n) is 5.24. The lowest BCUT2D eigenvalue weighted by Gasteiger charge is -2.26. The van der Waals surface area contributed by atoms with Gasteiger partial charge in [0.2, 0.25) is 5.91 Å². The number of amides is 1. The summed E-state index contributed by atoms with van der Waals surface area (Å²) in [6, 6.07) is 5.49. The minimum atomic E-state index is -0.102. The molecule has 0 spiro atoms. The first-order valence-electron chi connectivity index (χ1n) is 7.06. The third-order valence-electron chi connectivity index (χ3n) is 3.70. The molecule has 1 aromatic carbocycles. The van der Waals surface area contributed by atoms with E-state index in [0.29, 0.717) is 5.69 Å². The van der Waals surface area contributed by atoms with Gasteiger partial charge >= 0.3 is 0 Å². The van der Waals surface area contributed by atoms with Crippen molar-refractivity contribution in [1.82, 2.24) is 4.90 Å². The Hall–Kier alpha value is -1.20. The molecule has 1 atom stereocenters. The number of carbonyl (C=O) groups excluding carboxylic acids is 1. The molecule has 0 radical (unpaired) electrons. The molecule has 0 aromatic heterocycles. The van der Waals surface area contributed by atoms with Gasteiger partial charge in [0.15, 0.2) is 0 Å². The Bertz CT molecular complexity index is 470. The SMILES string of the molecule is Cc1ccc(N)cc1NC(=O)C(C)N1CCCSCC1. The van der Waals surface area contributed by atoms with Crippen molar-refractivity contribution in [2.45, 2.75) is 26.3 Å². The van der Waals surface area contributed by atoms with Gasteiger partial charge in [0.05, 0.1) is 6.04 Å². The third kappa shape index (κ3) is 3.90. The summed E-state index contributed by atoms with van der Waals surface area (Å²) in [5.41, 5.74) is 8.29. The smallest absolute Gasteiger partial charge is 0.241 e. The monoisotopic (exact) mass is 293 g/mol. The second-order valence-corrected chi connectivity index (χ2v) is 6.47. The second kappa shape index (κ2) is 6.99. The van der Waals surface area contributed by atoms with E-state index >= 15 is 0 Å². The number of nitrogens with two attached hydrogens (primary N) is 1. The van der Waals surface area contributed by atoms with Crippen LogP contribution in [0, 0.1) is 6.92 Å². The Morgan fingerprint density at radius 1 is 1.40 bits per heavy atom. The molecule has 1 heterocycles. The predicted octanol–water partition coefficient (Wildman–Crippen LogP) is 2.34.